The van der Waals surface area contributed by atoms with E-state index in [1.165, 1.54) is 6.20 Å². The van der Waals surface area contributed by atoms with Crippen molar-refractivity contribution in [3.63, 3.8) is 0 Å². The highest BCUT2D eigenvalue weighted by molar-refractivity contribution is 5.99. The number of aromatic nitrogens is 2. The zero-order valence-electron chi connectivity index (χ0n) is 9.18. The van der Waals surface area contributed by atoms with Gasteiger partial charge in [-0.15, -0.1) is 0 Å². The van der Waals surface area contributed by atoms with Crippen LogP contribution in [0.5, 0.6) is 0 Å². The van der Waals surface area contributed by atoms with Gasteiger partial charge in [0, 0.05) is 5.69 Å². The number of carbonyl (C=O) groups excluding carboxylic acids is 1. The molecular formula is C11H10N4O3. The number of carboxylic acids is 1. The molecule has 0 bridgehead atoms. The fourth-order valence-corrected chi connectivity index (χ4v) is 1.30. The van der Waals surface area contributed by atoms with E-state index in [4.69, 9.17) is 5.11 Å². The number of hydrogen-bond donors (Lipinski definition) is 4. The molecule has 7 nitrogen and oxygen atoms in total. The monoisotopic (exact) mass is 246 g/mol. The van der Waals surface area contributed by atoms with Crippen molar-refractivity contribution in [1.82, 2.24) is 9.97 Å². The van der Waals surface area contributed by atoms with Crippen LogP contribution in [0.1, 0.15) is 10.6 Å². The minimum atomic E-state index is -1.19. The molecule has 0 saturated heterocycles. The van der Waals surface area contributed by atoms with Gasteiger partial charge in [0.25, 0.3) is 0 Å². The quantitative estimate of drug-likeness (QED) is 0.661. The number of rotatable bonds is 3. The molecule has 2 aromatic rings. The van der Waals surface area contributed by atoms with Crippen molar-refractivity contribution in [1.29, 1.82) is 0 Å². The summed E-state index contributed by atoms with van der Waals surface area (Å²) in [5.41, 5.74) is 0.632. The summed E-state index contributed by atoms with van der Waals surface area (Å²) in [6.45, 7) is 0. The molecule has 1 aromatic carbocycles. The number of amides is 2. The molecule has 0 spiro atoms. The number of nitrogens with zero attached hydrogens (tertiary/aromatic N) is 1. The third-order valence-corrected chi connectivity index (χ3v) is 2.06. The van der Waals surface area contributed by atoms with Gasteiger partial charge >= 0.3 is 12.0 Å². The molecule has 0 fully saturated rings. The summed E-state index contributed by atoms with van der Waals surface area (Å²) in [7, 11) is 0. The lowest BCUT2D eigenvalue weighted by molar-refractivity contribution is 0.0685. The average molecular weight is 246 g/mol. The maximum Gasteiger partial charge on any atom is 0.371 e. The SMILES string of the molecule is O=C(Nc1ccccc1)Nc1cnc(C(=O)O)[nH]1. The van der Waals surface area contributed by atoms with Gasteiger partial charge in [0.15, 0.2) is 0 Å². The van der Waals surface area contributed by atoms with Crippen LogP contribution in [0.15, 0.2) is 36.5 Å². The largest absolute Gasteiger partial charge is 0.475 e. The van der Waals surface area contributed by atoms with Crippen molar-refractivity contribution in [3.05, 3.63) is 42.4 Å². The first kappa shape index (κ1) is 11.6. The zero-order valence-corrected chi connectivity index (χ0v) is 9.18. The van der Waals surface area contributed by atoms with E-state index in [1.807, 2.05) is 6.07 Å². The molecule has 0 atom stereocenters. The number of aromatic amines is 1. The molecule has 0 saturated carbocycles. The van der Waals surface area contributed by atoms with E-state index in [9.17, 15) is 9.59 Å². The topological polar surface area (TPSA) is 107 Å². The zero-order chi connectivity index (χ0) is 13.0. The Kier molecular flexibility index (Phi) is 3.24. The highest BCUT2D eigenvalue weighted by Gasteiger charge is 2.09. The predicted molar refractivity (Wildman–Crippen MR) is 64.6 cm³/mol. The van der Waals surface area contributed by atoms with E-state index < -0.39 is 12.0 Å². The molecule has 1 heterocycles. The molecule has 7 heteroatoms. The fraction of sp³-hybridized carbons (Fsp3) is 0. The van der Waals surface area contributed by atoms with E-state index in [0.717, 1.165) is 0 Å². The third-order valence-electron chi connectivity index (χ3n) is 2.06. The summed E-state index contributed by atoms with van der Waals surface area (Å²) >= 11 is 0. The number of urea groups is 1. The summed E-state index contributed by atoms with van der Waals surface area (Å²) in [6, 6.07) is 8.38. The number of nitrogens with one attached hydrogen (secondary N) is 3. The van der Waals surface area contributed by atoms with Gasteiger partial charge in [0.1, 0.15) is 5.82 Å². The van der Waals surface area contributed by atoms with Crippen LogP contribution < -0.4 is 10.6 Å². The Hall–Kier alpha value is -2.83. The summed E-state index contributed by atoms with van der Waals surface area (Å²) in [5.74, 6) is -1.21. The molecule has 2 amide bonds. The van der Waals surface area contributed by atoms with E-state index in [1.54, 1.807) is 24.3 Å². The van der Waals surface area contributed by atoms with Crippen LogP contribution in [-0.2, 0) is 0 Å². The number of carbonyl (C=O) groups is 2. The smallest absolute Gasteiger partial charge is 0.371 e. The van der Waals surface area contributed by atoms with Crippen molar-refractivity contribution in [2.75, 3.05) is 10.6 Å². The number of H-pyrrole nitrogens is 1. The van der Waals surface area contributed by atoms with Gasteiger partial charge in [0.05, 0.1) is 6.20 Å². The standard InChI is InChI=1S/C11H10N4O3/c16-10(17)9-12-6-8(14-9)15-11(18)13-7-4-2-1-3-5-7/h1-6H,(H,12,14)(H,16,17)(H2,13,15,18). The normalized spacial score (nSPS) is 9.78. The molecule has 0 radical (unpaired) electrons. The first-order valence-electron chi connectivity index (χ1n) is 5.06. The fourth-order valence-electron chi connectivity index (χ4n) is 1.30. The van der Waals surface area contributed by atoms with Crippen molar-refractivity contribution in [2.24, 2.45) is 0 Å². The number of imidazole rings is 1. The van der Waals surface area contributed by atoms with E-state index in [2.05, 4.69) is 20.6 Å². The van der Waals surface area contributed by atoms with E-state index in [0.29, 0.717) is 5.69 Å². The molecule has 0 aliphatic heterocycles. The lowest BCUT2D eigenvalue weighted by atomic mass is 10.3. The van der Waals surface area contributed by atoms with Crippen LogP contribution in [0.25, 0.3) is 0 Å². The first-order valence-corrected chi connectivity index (χ1v) is 5.06. The maximum absolute atomic E-state index is 11.5. The second-order valence-electron chi connectivity index (χ2n) is 3.40. The third kappa shape index (κ3) is 2.85. The van der Waals surface area contributed by atoms with E-state index >= 15 is 0 Å². The molecule has 18 heavy (non-hydrogen) atoms. The Balaban J connectivity index is 1.97. The summed E-state index contributed by atoms with van der Waals surface area (Å²) < 4.78 is 0. The molecule has 2 rings (SSSR count). The molecular weight excluding hydrogens is 236 g/mol. The molecule has 0 unspecified atom stereocenters. The van der Waals surface area contributed by atoms with Crippen molar-refractivity contribution in [3.8, 4) is 0 Å². The van der Waals surface area contributed by atoms with Gasteiger partial charge in [-0.2, -0.15) is 0 Å². The van der Waals surface area contributed by atoms with Gasteiger partial charge in [-0.1, -0.05) is 18.2 Å². The minimum Gasteiger partial charge on any atom is -0.475 e. The van der Waals surface area contributed by atoms with Gasteiger partial charge in [-0.05, 0) is 12.1 Å². The number of para-hydroxylation sites is 1. The van der Waals surface area contributed by atoms with Crippen molar-refractivity contribution >= 4 is 23.5 Å². The number of anilines is 2. The number of benzene rings is 1. The Labute approximate surface area is 102 Å². The molecule has 0 aliphatic rings. The van der Waals surface area contributed by atoms with E-state index in [-0.39, 0.29) is 11.6 Å². The second-order valence-corrected chi connectivity index (χ2v) is 3.40. The molecule has 4 N–H and O–H groups in total. The number of carboxylic acid groups (broad SMARTS) is 1. The van der Waals surface area contributed by atoms with Crippen LogP contribution >= 0.6 is 0 Å². The van der Waals surface area contributed by atoms with Crippen molar-refractivity contribution in [2.45, 2.75) is 0 Å². The Bertz CT molecular complexity index is 565. The summed E-state index contributed by atoms with van der Waals surface area (Å²) in [4.78, 5) is 28.1. The van der Waals surface area contributed by atoms with Crippen molar-refractivity contribution < 1.29 is 14.7 Å². The van der Waals surface area contributed by atoms with Crippen LogP contribution in [0, 0.1) is 0 Å². The lowest BCUT2D eigenvalue weighted by Gasteiger charge is -2.04. The molecule has 0 aliphatic carbocycles. The molecule has 1 aromatic heterocycles. The number of aromatic carboxylic acids is 1. The predicted octanol–water partition coefficient (Wildman–Crippen LogP) is 1.75. The highest BCUT2D eigenvalue weighted by atomic mass is 16.4. The first-order chi connectivity index (χ1) is 8.65. The number of hydrogen-bond acceptors (Lipinski definition) is 3. The Morgan fingerprint density at radius 1 is 1.17 bits per heavy atom. The van der Waals surface area contributed by atoms with Crippen LogP contribution in [0.2, 0.25) is 0 Å². The van der Waals surface area contributed by atoms with Gasteiger partial charge < -0.3 is 15.4 Å². The summed E-state index contributed by atoms with van der Waals surface area (Å²) in [5, 5.41) is 13.7. The summed E-state index contributed by atoms with van der Waals surface area (Å²) in [6.07, 6.45) is 1.23. The van der Waals surface area contributed by atoms with Crippen LogP contribution in [0.3, 0.4) is 0 Å². The maximum atomic E-state index is 11.5. The van der Waals surface area contributed by atoms with Gasteiger partial charge in [-0.25, -0.2) is 14.6 Å². The van der Waals surface area contributed by atoms with Gasteiger partial charge in [0.2, 0.25) is 5.82 Å². The van der Waals surface area contributed by atoms with Gasteiger partial charge in [-0.3, -0.25) is 5.32 Å². The minimum absolute atomic E-state index is 0.209. The average Bonchev–Trinajstić information content (AvgIpc) is 2.78. The lowest BCUT2D eigenvalue weighted by Crippen LogP contribution is -2.19. The molecule has 92 valence electrons. The van der Waals surface area contributed by atoms with Crippen LogP contribution in [0.4, 0.5) is 16.3 Å². The Morgan fingerprint density at radius 3 is 2.50 bits per heavy atom. The second kappa shape index (κ2) is 5.00. The van der Waals surface area contributed by atoms with Crippen LogP contribution in [-0.4, -0.2) is 27.1 Å². The highest BCUT2D eigenvalue weighted by Crippen LogP contribution is 2.07. The Morgan fingerprint density at radius 2 is 1.89 bits per heavy atom.